The summed E-state index contributed by atoms with van der Waals surface area (Å²) in [6.45, 7) is 4.64. The Kier molecular flexibility index (Phi) is 10.7. The van der Waals surface area contributed by atoms with Crippen LogP contribution in [-0.2, 0) is 45.1 Å². The third-order valence-corrected chi connectivity index (χ3v) is 10.4. The van der Waals surface area contributed by atoms with Crippen LogP contribution in [0, 0.1) is 22.7 Å². The van der Waals surface area contributed by atoms with E-state index in [0.29, 0.717) is 18.1 Å². The summed E-state index contributed by atoms with van der Waals surface area (Å²) in [7, 11) is 1.62. The molecule has 0 heterocycles. The van der Waals surface area contributed by atoms with Gasteiger partial charge in [-0.1, -0.05) is 119 Å². The molecule has 3 aromatic rings. The molecule has 3 aromatic carbocycles. The molecule has 5 atom stereocenters. The Morgan fingerprint density at radius 1 is 0.844 bits per heavy atom. The van der Waals surface area contributed by atoms with Gasteiger partial charge in [-0.3, -0.25) is 9.59 Å². The van der Waals surface area contributed by atoms with E-state index < -0.39 is 34.8 Å². The minimum Gasteiger partial charge on any atom is -0.496 e. The number of unbranched alkanes of at least 4 members (excludes halogenated alkanes) is 2. The van der Waals surface area contributed by atoms with Gasteiger partial charge in [-0.15, -0.1) is 0 Å². The smallest absolute Gasteiger partial charge is 0.314 e. The standard InChI is InChI=1S/C39H48O6/c1-4-5-8-14-28(2)21-22-33-34(40)25-38(36(41)44-26-29-15-9-6-10-16-29)24-32-31(19-13-20-35(32)43-3)23-39(33,38)37(42)45-27-30-17-11-7-12-18-30/h6-7,9-13,15-20,28,33-34,40H,4-5,8,14,21-27H2,1-3H3/t28-,33-,34+,38?,39?/m0/s1. The lowest BCUT2D eigenvalue weighted by molar-refractivity contribution is -0.185. The summed E-state index contributed by atoms with van der Waals surface area (Å²) in [5.41, 5.74) is 0.974. The molecular weight excluding hydrogens is 564 g/mol. The fraction of sp³-hybridized carbons (Fsp3) is 0.487. The molecule has 5 rings (SSSR count). The number of carbonyl (C=O) groups is 2. The highest BCUT2D eigenvalue weighted by atomic mass is 16.5. The van der Waals surface area contributed by atoms with E-state index in [1.54, 1.807) is 7.11 Å². The van der Waals surface area contributed by atoms with Crippen LogP contribution in [0.15, 0.2) is 78.9 Å². The zero-order valence-electron chi connectivity index (χ0n) is 27.0. The number of carbonyl (C=O) groups excluding carboxylic acids is 2. The zero-order chi connectivity index (χ0) is 31.9. The highest BCUT2D eigenvalue weighted by Gasteiger charge is 2.73. The van der Waals surface area contributed by atoms with Crippen molar-refractivity contribution in [3.8, 4) is 5.75 Å². The van der Waals surface area contributed by atoms with Gasteiger partial charge in [-0.2, -0.15) is 0 Å². The maximum atomic E-state index is 14.8. The van der Waals surface area contributed by atoms with Gasteiger partial charge in [0.25, 0.3) is 0 Å². The zero-order valence-corrected chi connectivity index (χ0v) is 27.0. The first kappa shape index (κ1) is 32.7. The van der Waals surface area contributed by atoms with Gasteiger partial charge in [0, 0.05) is 5.92 Å². The Morgan fingerprint density at radius 3 is 2.11 bits per heavy atom. The van der Waals surface area contributed by atoms with Crippen LogP contribution >= 0.6 is 0 Å². The van der Waals surface area contributed by atoms with E-state index in [9.17, 15) is 14.7 Å². The van der Waals surface area contributed by atoms with Crippen molar-refractivity contribution in [2.24, 2.45) is 22.7 Å². The Labute approximate surface area is 268 Å². The average molecular weight is 613 g/mol. The van der Waals surface area contributed by atoms with Gasteiger partial charge in [-0.25, -0.2) is 0 Å². The van der Waals surface area contributed by atoms with Crippen molar-refractivity contribution in [3.63, 3.8) is 0 Å². The molecule has 6 nitrogen and oxygen atoms in total. The molecule has 45 heavy (non-hydrogen) atoms. The van der Waals surface area contributed by atoms with Gasteiger partial charge in [0.15, 0.2) is 0 Å². The molecule has 1 N–H and O–H groups in total. The van der Waals surface area contributed by atoms with Crippen LogP contribution in [0.2, 0.25) is 0 Å². The first-order chi connectivity index (χ1) is 21.8. The second kappa shape index (κ2) is 14.6. The number of esters is 2. The van der Waals surface area contributed by atoms with E-state index in [4.69, 9.17) is 14.2 Å². The number of fused-ring (bicyclic) bond motifs is 2. The predicted octanol–water partition coefficient (Wildman–Crippen LogP) is 7.63. The summed E-state index contributed by atoms with van der Waals surface area (Å²) < 4.78 is 18.0. The summed E-state index contributed by atoms with van der Waals surface area (Å²) >= 11 is 0. The van der Waals surface area contributed by atoms with Gasteiger partial charge in [0.05, 0.1) is 24.0 Å². The summed E-state index contributed by atoms with van der Waals surface area (Å²) in [4.78, 5) is 29.4. The number of benzene rings is 3. The van der Waals surface area contributed by atoms with E-state index in [0.717, 1.165) is 41.5 Å². The SMILES string of the molecule is CCCCC[C@H](C)CC[C@H]1[C@H](O)CC2(C(=O)OCc3ccccc3)Cc3c(cccc3OC)CC12C(=O)OCc1ccccc1. The molecule has 0 aromatic heterocycles. The third-order valence-electron chi connectivity index (χ3n) is 10.4. The van der Waals surface area contributed by atoms with E-state index in [1.807, 2.05) is 78.9 Å². The second-order valence-corrected chi connectivity index (χ2v) is 13.2. The molecular formula is C39H48O6. The molecule has 0 spiro atoms. The number of aliphatic hydroxyl groups excluding tert-OH is 1. The van der Waals surface area contributed by atoms with Crippen LogP contribution in [0.25, 0.3) is 0 Å². The summed E-state index contributed by atoms with van der Waals surface area (Å²) in [5.74, 6) is -0.236. The van der Waals surface area contributed by atoms with Gasteiger partial charge < -0.3 is 19.3 Å². The van der Waals surface area contributed by atoms with Gasteiger partial charge in [-0.05, 0) is 59.9 Å². The van der Waals surface area contributed by atoms with Crippen molar-refractivity contribution >= 4 is 11.9 Å². The maximum Gasteiger partial charge on any atom is 0.314 e. The highest BCUT2D eigenvalue weighted by molar-refractivity contribution is 5.91. The van der Waals surface area contributed by atoms with E-state index in [-0.39, 0.29) is 32.5 Å². The number of rotatable bonds is 14. The van der Waals surface area contributed by atoms with Crippen LogP contribution < -0.4 is 4.74 Å². The summed E-state index contributed by atoms with van der Waals surface area (Å²) in [6.07, 6.45) is 5.91. The third kappa shape index (κ3) is 6.67. The molecule has 1 saturated carbocycles. The molecule has 0 amide bonds. The lowest BCUT2D eigenvalue weighted by Crippen LogP contribution is -2.58. The minimum absolute atomic E-state index is 0.0879. The molecule has 2 aliphatic carbocycles. The molecule has 0 bridgehead atoms. The molecule has 6 heteroatoms. The molecule has 2 unspecified atom stereocenters. The van der Waals surface area contributed by atoms with Gasteiger partial charge in [0.1, 0.15) is 19.0 Å². The number of ether oxygens (including phenoxy) is 3. The van der Waals surface area contributed by atoms with Gasteiger partial charge >= 0.3 is 11.9 Å². The molecule has 240 valence electrons. The number of hydrogen-bond donors (Lipinski definition) is 1. The predicted molar refractivity (Wildman–Crippen MR) is 174 cm³/mol. The Hall–Kier alpha value is -3.64. The lowest BCUT2D eigenvalue weighted by atomic mass is 9.53. The molecule has 0 radical (unpaired) electrons. The Bertz CT molecular complexity index is 1420. The van der Waals surface area contributed by atoms with Crippen molar-refractivity contribution in [2.75, 3.05) is 7.11 Å². The maximum absolute atomic E-state index is 14.8. The summed E-state index contributed by atoms with van der Waals surface area (Å²) in [5, 5.41) is 11.9. The topological polar surface area (TPSA) is 82.1 Å². The lowest BCUT2D eigenvalue weighted by Gasteiger charge is -2.48. The van der Waals surface area contributed by atoms with Gasteiger partial charge in [0.2, 0.25) is 0 Å². The number of methoxy groups -OCH3 is 1. The second-order valence-electron chi connectivity index (χ2n) is 13.2. The highest BCUT2D eigenvalue weighted by Crippen LogP contribution is 2.65. The largest absolute Gasteiger partial charge is 0.496 e. The van der Waals surface area contributed by atoms with Crippen molar-refractivity contribution in [3.05, 3.63) is 101 Å². The molecule has 1 fully saturated rings. The average Bonchev–Trinajstić information content (AvgIpc) is 3.32. The van der Waals surface area contributed by atoms with Crippen molar-refractivity contribution < 1.29 is 28.9 Å². The molecule has 2 aliphatic rings. The first-order valence-electron chi connectivity index (χ1n) is 16.6. The molecule has 0 aliphatic heterocycles. The van der Waals surface area contributed by atoms with Crippen LogP contribution in [-0.4, -0.2) is 30.3 Å². The monoisotopic (exact) mass is 612 g/mol. The van der Waals surface area contributed by atoms with E-state index >= 15 is 0 Å². The van der Waals surface area contributed by atoms with Crippen molar-refractivity contribution in [2.45, 2.75) is 91.0 Å². The molecule has 0 saturated heterocycles. The first-order valence-corrected chi connectivity index (χ1v) is 16.6. The quantitative estimate of drug-likeness (QED) is 0.149. The van der Waals surface area contributed by atoms with Crippen molar-refractivity contribution in [1.29, 1.82) is 0 Å². The van der Waals surface area contributed by atoms with Crippen LogP contribution in [0.4, 0.5) is 0 Å². The van der Waals surface area contributed by atoms with Crippen LogP contribution in [0.5, 0.6) is 5.75 Å². The van der Waals surface area contributed by atoms with Crippen LogP contribution in [0.3, 0.4) is 0 Å². The van der Waals surface area contributed by atoms with Crippen molar-refractivity contribution in [1.82, 2.24) is 0 Å². The summed E-state index contributed by atoms with van der Waals surface area (Å²) in [6, 6.07) is 25.0. The number of hydrogen-bond acceptors (Lipinski definition) is 6. The van der Waals surface area contributed by atoms with E-state index in [2.05, 4.69) is 13.8 Å². The Morgan fingerprint density at radius 2 is 1.49 bits per heavy atom. The minimum atomic E-state index is -1.31. The normalized spacial score (nSPS) is 24.3. The number of aliphatic hydroxyl groups is 1. The van der Waals surface area contributed by atoms with Crippen LogP contribution in [0.1, 0.15) is 81.0 Å². The fourth-order valence-electron chi connectivity index (χ4n) is 7.93. The fourth-order valence-corrected chi connectivity index (χ4v) is 7.93. The van der Waals surface area contributed by atoms with E-state index in [1.165, 1.54) is 12.8 Å². The Balaban J connectivity index is 1.56.